The van der Waals surface area contributed by atoms with Crippen molar-refractivity contribution in [3.63, 3.8) is 0 Å². The molecule has 0 atom stereocenters. The van der Waals surface area contributed by atoms with Crippen LogP contribution in [0, 0.1) is 0 Å². The van der Waals surface area contributed by atoms with Crippen LogP contribution < -0.4 is 0 Å². The van der Waals surface area contributed by atoms with E-state index in [2.05, 4.69) is 130 Å². The SMILES string of the molecule is c1ccc(-n2c3ccccc3c3ccc4c5ccccc5n(-c5c6ccccc6nc6oc7ccccc7c56)c4c32)cc1. The molecule has 0 saturated heterocycles. The van der Waals surface area contributed by atoms with E-state index in [9.17, 15) is 0 Å². The molecule has 0 aliphatic carbocycles. The zero-order valence-corrected chi connectivity index (χ0v) is 23.0. The van der Waals surface area contributed by atoms with E-state index in [1.54, 1.807) is 0 Å². The highest BCUT2D eigenvalue weighted by atomic mass is 16.3. The van der Waals surface area contributed by atoms with Gasteiger partial charge in [0.1, 0.15) is 5.58 Å². The molecular formula is C39H23N3O. The zero-order valence-electron chi connectivity index (χ0n) is 23.0. The van der Waals surface area contributed by atoms with Gasteiger partial charge in [-0.2, -0.15) is 0 Å². The molecule has 43 heavy (non-hydrogen) atoms. The number of para-hydroxylation sites is 5. The monoisotopic (exact) mass is 549 g/mol. The van der Waals surface area contributed by atoms with Crippen LogP contribution in [0.2, 0.25) is 0 Å². The minimum absolute atomic E-state index is 0.650. The van der Waals surface area contributed by atoms with Gasteiger partial charge < -0.3 is 13.6 Å². The maximum atomic E-state index is 6.42. The quantitative estimate of drug-likeness (QED) is 0.215. The summed E-state index contributed by atoms with van der Waals surface area (Å²) in [5.41, 5.74) is 9.31. The Labute approximate surface area is 245 Å². The van der Waals surface area contributed by atoms with E-state index < -0.39 is 0 Å². The van der Waals surface area contributed by atoms with Crippen molar-refractivity contribution < 1.29 is 4.42 Å². The van der Waals surface area contributed by atoms with Crippen LogP contribution in [0.3, 0.4) is 0 Å². The maximum absolute atomic E-state index is 6.42. The van der Waals surface area contributed by atoms with Gasteiger partial charge in [0.25, 0.3) is 0 Å². The Morgan fingerprint density at radius 2 is 1.00 bits per heavy atom. The third kappa shape index (κ3) is 2.97. The van der Waals surface area contributed by atoms with Crippen LogP contribution in [0.5, 0.6) is 0 Å². The van der Waals surface area contributed by atoms with E-state index in [1.807, 2.05) is 18.2 Å². The van der Waals surface area contributed by atoms with Gasteiger partial charge in [-0.1, -0.05) is 103 Å². The molecule has 10 rings (SSSR count). The second-order valence-corrected chi connectivity index (χ2v) is 11.2. The van der Waals surface area contributed by atoms with Crippen molar-refractivity contribution >= 4 is 76.6 Å². The van der Waals surface area contributed by atoms with Gasteiger partial charge in [0, 0.05) is 38.0 Å². The van der Waals surface area contributed by atoms with Gasteiger partial charge in [0.15, 0.2) is 0 Å². The molecule has 200 valence electrons. The van der Waals surface area contributed by atoms with Crippen LogP contribution in [0.1, 0.15) is 0 Å². The number of fused-ring (bicyclic) bond motifs is 11. The van der Waals surface area contributed by atoms with Crippen molar-refractivity contribution in [2.75, 3.05) is 0 Å². The van der Waals surface area contributed by atoms with E-state index >= 15 is 0 Å². The van der Waals surface area contributed by atoms with Crippen molar-refractivity contribution in [3.05, 3.63) is 140 Å². The number of hydrogen-bond donors (Lipinski definition) is 0. The summed E-state index contributed by atoms with van der Waals surface area (Å²) in [5.74, 6) is 0. The molecule has 0 fully saturated rings. The van der Waals surface area contributed by atoms with Crippen LogP contribution in [-0.4, -0.2) is 14.1 Å². The van der Waals surface area contributed by atoms with Crippen molar-refractivity contribution in [3.8, 4) is 11.4 Å². The first-order chi connectivity index (χ1) is 21.4. The standard InChI is InChI=1S/C39H23N3O/c1-2-12-24(13-3-1)41-32-19-9-5-14-25(32)27-22-23-28-26-15-6-10-20-33(26)42(38(28)37(27)41)36-29-16-4-8-18-31(29)40-39-35(36)30-17-7-11-21-34(30)43-39/h1-23H. The lowest BCUT2D eigenvalue weighted by Gasteiger charge is -2.15. The lowest BCUT2D eigenvalue weighted by molar-refractivity contribution is 0.656. The van der Waals surface area contributed by atoms with Crippen LogP contribution in [0.25, 0.3) is 88.0 Å². The summed E-state index contributed by atoms with van der Waals surface area (Å²) in [5, 5.41) is 8.06. The van der Waals surface area contributed by atoms with Crippen molar-refractivity contribution in [1.29, 1.82) is 0 Å². The Balaban J connectivity index is 1.54. The molecule has 10 aromatic rings. The molecule has 0 unspecified atom stereocenters. The lowest BCUT2D eigenvalue weighted by atomic mass is 10.1. The van der Waals surface area contributed by atoms with Gasteiger partial charge in [-0.05, 0) is 36.4 Å². The topological polar surface area (TPSA) is 35.9 Å². The zero-order chi connectivity index (χ0) is 28.1. The summed E-state index contributed by atoms with van der Waals surface area (Å²) in [7, 11) is 0. The maximum Gasteiger partial charge on any atom is 0.230 e. The van der Waals surface area contributed by atoms with Crippen LogP contribution in [0.15, 0.2) is 144 Å². The molecule has 0 N–H and O–H groups in total. The van der Waals surface area contributed by atoms with Crippen LogP contribution >= 0.6 is 0 Å². The minimum Gasteiger partial charge on any atom is -0.438 e. The summed E-state index contributed by atoms with van der Waals surface area (Å²) < 4.78 is 11.3. The fourth-order valence-corrected chi connectivity index (χ4v) is 7.17. The second kappa shape index (κ2) is 8.34. The number of furan rings is 1. The largest absolute Gasteiger partial charge is 0.438 e. The Morgan fingerprint density at radius 1 is 0.442 bits per heavy atom. The van der Waals surface area contributed by atoms with E-state index in [-0.39, 0.29) is 0 Å². The van der Waals surface area contributed by atoms with Crippen molar-refractivity contribution in [2.45, 2.75) is 0 Å². The predicted octanol–water partition coefficient (Wildman–Crippen LogP) is 10.3. The molecule has 0 aliphatic heterocycles. The van der Waals surface area contributed by atoms with Crippen LogP contribution in [0.4, 0.5) is 0 Å². The third-order valence-corrected chi connectivity index (χ3v) is 8.90. The Hall–Kier alpha value is -5.87. The van der Waals surface area contributed by atoms with Gasteiger partial charge in [-0.15, -0.1) is 0 Å². The molecule has 0 bridgehead atoms. The smallest absolute Gasteiger partial charge is 0.230 e. The summed E-state index contributed by atoms with van der Waals surface area (Å²) in [4.78, 5) is 5.02. The molecule has 6 aromatic carbocycles. The number of benzene rings is 6. The number of hydrogen-bond acceptors (Lipinski definition) is 2. The highest BCUT2D eigenvalue weighted by Gasteiger charge is 2.25. The van der Waals surface area contributed by atoms with Crippen molar-refractivity contribution in [1.82, 2.24) is 14.1 Å². The average molecular weight is 550 g/mol. The third-order valence-electron chi connectivity index (χ3n) is 8.90. The Morgan fingerprint density at radius 3 is 1.74 bits per heavy atom. The average Bonchev–Trinajstić information content (AvgIpc) is 3.72. The number of nitrogens with zero attached hydrogens (tertiary/aromatic N) is 3. The van der Waals surface area contributed by atoms with Gasteiger partial charge in [0.05, 0.1) is 38.7 Å². The molecule has 4 aromatic heterocycles. The summed E-state index contributed by atoms with van der Waals surface area (Å²) in [6, 6.07) is 49.5. The minimum atomic E-state index is 0.650. The van der Waals surface area contributed by atoms with E-state index in [0.717, 1.165) is 44.1 Å². The molecule has 0 spiro atoms. The predicted molar refractivity (Wildman–Crippen MR) is 178 cm³/mol. The molecule has 0 radical (unpaired) electrons. The number of pyridine rings is 1. The highest BCUT2D eigenvalue weighted by molar-refractivity contribution is 6.26. The molecule has 4 heteroatoms. The molecule has 4 heterocycles. The Kier molecular flexibility index (Phi) is 4.42. The molecular weight excluding hydrogens is 526 g/mol. The van der Waals surface area contributed by atoms with E-state index in [0.29, 0.717) is 5.71 Å². The fourth-order valence-electron chi connectivity index (χ4n) is 7.17. The number of aromatic nitrogens is 3. The van der Waals surface area contributed by atoms with Crippen LogP contribution in [-0.2, 0) is 0 Å². The lowest BCUT2D eigenvalue weighted by Crippen LogP contribution is -2.00. The first-order valence-electron chi connectivity index (χ1n) is 14.6. The normalized spacial score (nSPS) is 12.2. The van der Waals surface area contributed by atoms with Gasteiger partial charge in [-0.25, -0.2) is 4.98 Å². The molecule has 4 nitrogen and oxygen atoms in total. The highest BCUT2D eigenvalue weighted by Crippen LogP contribution is 2.45. The first kappa shape index (κ1) is 22.8. The molecule has 0 aliphatic rings. The Bertz CT molecular complexity index is 2730. The molecule has 0 amide bonds. The number of rotatable bonds is 2. The summed E-state index contributed by atoms with van der Waals surface area (Å²) in [6.45, 7) is 0. The summed E-state index contributed by atoms with van der Waals surface area (Å²) >= 11 is 0. The second-order valence-electron chi connectivity index (χ2n) is 11.2. The summed E-state index contributed by atoms with van der Waals surface area (Å²) in [6.07, 6.45) is 0. The fraction of sp³-hybridized carbons (Fsp3) is 0. The van der Waals surface area contributed by atoms with E-state index in [4.69, 9.17) is 9.40 Å². The first-order valence-corrected chi connectivity index (χ1v) is 14.6. The van der Waals surface area contributed by atoms with Gasteiger partial charge in [0.2, 0.25) is 5.71 Å². The van der Waals surface area contributed by atoms with Gasteiger partial charge >= 0.3 is 0 Å². The molecule has 0 saturated carbocycles. The van der Waals surface area contributed by atoms with E-state index in [1.165, 1.54) is 38.1 Å². The van der Waals surface area contributed by atoms with Crippen molar-refractivity contribution in [2.24, 2.45) is 0 Å². The van der Waals surface area contributed by atoms with Gasteiger partial charge in [-0.3, -0.25) is 0 Å².